The van der Waals surface area contributed by atoms with E-state index in [0.717, 1.165) is 26.7 Å². The standard InChI is InChI=1S/C22H16N2O2S/c1-3-12-24-19-11-10-18(26-2)14-20(19)27-22(24)23-21(25)17-9-8-15-6-4-5-7-16(15)13-17/h1,4-11,13-14H,12H2,2H3. The number of nitrogens with zero attached hydrogens (tertiary/aromatic N) is 2. The molecule has 0 atom stereocenters. The summed E-state index contributed by atoms with van der Waals surface area (Å²) in [5, 5.41) is 2.10. The number of benzene rings is 3. The number of rotatable bonds is 3. The summed E-state index contributed by atoms with van der Waals surface area (Å²) in [6.07, 6.45) is 5.52. The molecule has 0 bridgehead atoms. The molecule has 0 aliphatic heterocycles. The summed E-state index contributed by atoms with van der Waals surface area (Å²) in [4.78, 5) is 17.7. The fourth-order valence-corrected chi connectivity index (χ4v) is 4.04. The van der Waals surface area contributed by atoms with Crippen LogP contribution in [-0.2, 0) is 6.54 Å². The number of thiazole rings is 1. The van der Waals surface area contributed by atoms with Crippen LogP contribution in [0, 0.1) is 12.3 Å². The number of terminal acetylenes is 1. The first-order valence-corrected chi connectivity index (χ1v) is 9.20. The smallest absolute Gasteiger partial charge is 0.279 e. The quantitative estimate of drug-likeness (QED) is 0.505. The third-order valence-electron chi connectivity index (χ3n) is 4.33. The summed E-state index contributed by atoms with van der Waals surface area (Å²) in [5.74, 6) is 3.10. The lowest BCUT2D eigenvalue weighted by molar-refractivity contribution is 0.0998. The lowest BCUT2D eigenvalue weighted by atomic mass is 10.1. The van der Waals surface area contributed by atoms with Crippen molar-refractivity contribution in [2.24, 2.45) is 4.99 Å². The Morgan fingerprint density at radius 3 is 2.74 bits per heavy atom. The van der Waals surface area contributed by atoms with Gasteiger partial charge in [-0.2, -0.15) is 4.99 Å². The Kier molecular flexibility index (Phi) is 4.49. The van der Waals surface area contributed by atoms with Gasteiger partial charge in [-0.25, -0.2) is 0 Å². The molecule has 1 heterocycles. The molecule has 5 heteroatoms. The summed E-state index contributed by atoms with van der Waals surface area (Å²) in [7, 11) is 1.62. The molecule has 0 aliphatic carbocycles. The monoisotopic (exact) mass is 372 g/mol. The van der Waals surface area contributed by atoms with Crippen molar-refractivity contribution in [3.63, 3.8) is 0 Å². The molecule has 1 aromatic heterocycles. The Hall–Kier alpha value is -3.36. The number of aromatic nitrogens is 1. The van der Waals surface area contributed by atoms with E-state index in [2.05, 4.69) is 10.9 Å². The molecule has 0 unspecified atom stereocenters. The van der Waals surface area contributed by atoms with Gasteiger partial charge < -0.3 is 9.30 Å². The SMILES string of the molecule is C#CCn1c(=NC(=O)c2ccc3ccccc3c2)sc2cc(OC)ccc21. The van der Waals surface area contributed by atoms with Gasteiger partial charge in [-0.1, -0.05) is 47.6 Å². The van der Waals surface area contributed by atoms with Crippen LogP contribution in [0.15, 0.2) is 65.7 Å². The van der Waals surface area contributed by atoms with Crippen LogP contribution < -0.4 is 9.54 Å². The van der Waals surface area contributed by atoms with E-state index in [9.17, 15) is 4.79 Å². The first kappa shape index (κ1) is 17.1. The van der Waals surface area contributed by atoms with E-state index in [1.807, 2.05) is 59.2 Å². The first-order valence-electron chi connectivity index (χ1n) is 8.38. The second kappa shape index (κ2) is 7.10. The zero-order chi connectivity index (χ0) is 18.8. The minimum atomic E-state index is -0.287. The van der Waals surface area contributed by atoms with Crippen LogP contribution in [0.4, 0.5) is 0 Å². The minimum Gasteiger partial charge on any atom is -0.497 e. The first-order chi connectivity index (χ1) is 13.2. The Morgan fingerprint density at radius 1 is 1.15 bits per heavy atom. The van der Waals surface area contributed by atoms with Crippen molar-refractivity contribution >= 4 is 38.2 Å². The highest BCUT2D eigenvalue weighted by Crippen LogP contribution is 2.23. The van der Waals surface area contributed by atoms with Crippen LogP contribution in [0.1, 0.15) is 10.4 Å². The number of ether oxygens (including phenoxy) is 1. The molecular formula is C22H16N2O2S. The molecule has 4 aromatic rings. The molecular weight excluding hydrogens is 356 g/mol. The molecule has 0 saturated heterocycles. The van der Waals surface area contributed by atoms with Crippen molar-refractivity contribution < 1.29 is 9.53 Å². The van der Waals surface area contributed by atoms with E-state index in [-0.39, 0.29) is 5.91 Å². The molecule has 0 N–H and O–H groups in total. The zero-order valence-corrected chi connectivity index (χ0v) is 15.5. The fraction of sp³-hybridized carbons (Fsp3) is 0.0909. The van der Waals surface area contributed by atoms with Crippen LogP contribution in [0.25, 0.3) is 21.0 Å². The normalized spacial score (nSPS) is 11.6. The Morgan fingerprint density at radius 2 is 1.96 bits per heavy atom. The van der Waals surface area contributed by atoms with Crippen LogP contribution in [0.5, 0.6) is 5.75 Å². The summed E-state index contributed by atoms with van der Waals surface area (Å²) in [6.45, 7) is 0.343. The van der Waals surface area contributed by atoms with E-state index in [1.165, 1.54) is 11.3 Å². The fourth-order valence-electron chi connectivity index (χ4n) is 2.98. The number of carbonyl (C=O) groups is 1. The van der Waals surface area contributed by atoms with Crippen molar-refractivity contribution in [2.45, 2.75) is 6.54 Å². The van der Waals surface area contributed by atoms with Crippen LogP contribution in [-0.4, -0.2) is 17.6 Å². The predicted molar refractivity (Wildman–Crippen MR) is 109 cm³/mol. The van der Waals surface area contributed by atoms with Gasteiger partial charge in [-0.05, 0) is 41.1 Å². The Bertz CT molecular complexity index is 1270. The number of hydrogen-bond acceptors (Lipinski definition) is 3. The summed E-state index contributed by atoms with van der Waals surface area (Å²) >= 11 is 1.42. The van der Waals surface area contributed by atoms with Gasteiger partial charge >= 0.3 is 0 Å². The predicted octanol–water partition coefficient (Wildman–Crippen LogP) is 4.24. The minimum absolute atomic E-state index is 0.287. The summed E-state index contributed by atoms with van der Waals surface area (Å²) < 4.78 is 8.12. The molecule has 132 valence electrons. The largest absolute Gasteiger partial charge is 0.497 e. The highest BCUT2D eigenvalue weighted by atomic mass is 32.1. The Balaban J connectivity index is 1.83. The molecule has 0 fully saturated rings. The van der Waals surface area contributed by atoms with Gasteiger partial charge in [-0.3, -0.25) is 4.79 Å². The number of methoxy groups -OCH3 is 1. The molecule has 4 nitrogen and oxygen atoms in total. The molecule has 0 aliphatic rings. The van der Waals surface area contributed by atoms with E-state index in [4.69, 9.17) is 11.2 Å². The second-order valence-electron chi connectivity index (χ2n) is 5.99. The van der Waals surface area contributed by atoms with Crippen molar-refractivity contribution in [3.05, 3.63) is 71.0 Å². The molecule has 0 radical (unpaired) electrons. The van der Waals surface area contributed by atoms with Gasteiger partial charge in [0, 0.05) is 5.56 Å². The third-order valence-corrected chi connectivity index (χ3v) is 5.37. The lowest BCUT2D eigenvalue weighted by Crippen LogP contribution is -2.16. The second-order valence-corrected chi connectivity index (χ2v) is 7.00. The summed E-state index contributed by atoms with van der Waals surface area (Å²) in [6, 6.07) is 19.3. The maximum atomic E-state index is 12.8. The average Bonchev–Trinajstić information content (AvgIpc) is 3.04. The van der Waals surface area contributed by atoms with Gasteiger partial charge in [0.25, 0.3) is 5.91 Å². The topological polar surface area (TPSA) is 43.6 Å². The average molecular weight is 372 g/mol. The van der Waals surface area contributed by atoms with Gasteiger partial charge in [0.1, 0.15) is 5.75 Å². The molecule has 1 amide bonds. The van der Waals surface area contributed by atoms with Gasteiger partial charge in [-0.15, -0.1) is 6.42 Å². The highest BCUT2D eigenvalue weighted by Gasteiger charge is 2.10. The number of amides is 1. The van der Waals surface area contributed by atoms with Crippen molar-refractivity contribution in [3.8, 4) is 18.1 Å². The lowest BCUT2D eigenvalue weighted by Gasteiger charge is -2.02. The molecule has 0 saturated carbocycles. The van der Waals surface area contributed by atoms with E-state index in [1.54, 1.807) is 13.2 Å². The van der Waals surface area contributed by atoms with Crippen LogP contribution in [0.3, 0.4) is 0 Å². The van der Waals surface area contributed by atoms with Gasteiger partial charge in [0.2, 0.25) is 0 Å². The zero-order valence-electron chi connectivity index (χ0n) is 14.7. The van der Waals surface area contributed by atoms with E-state index >= 15 is 0 Å². The van der Waals surface area contributed by atoms with Crippen LogP contribution in [0.2, 0.25) is 0 Å². The molecule has 27 heavy (non-hydrogen) atoms. The van der Waals surface area contributed by atoms with Crippen LogP contribution >= 0.6 is 11.3 Å². The van der Waals surface area contributed by atoms with E-state index in [0.29, 0.717) is 16.9 Å². The van der Waals surface area contributed by atoms with Crippen molar-refractivity contribution in [2.75, 3.05) is 7.11 Å². The number of fused-ring (bicyclic) bond motifs is 2. The van der Waals surface area contributed by atoms with Gasteiger partial charge in [0.15, 0.2) is 4.80 Å². The number of hydrogen-bond donors (Lipinski definition) is 0. The van der Waals surface area contributed by atoms with E-state index < -0.39 is 0 Å². The van der Waals surface area contributed by atoms with Crippen molar-refractivity contribution in [1.82, 2.24) is 4.57 Å². The highest BCUT2D eigenvalue weighted by molar-refractivity contribution is 7.16. The van der Waals surface area contributed by atoms with Crippen molar-refractivity contribution in [1.29, 1.82) is 0 Å². The Labute approximate surface area is 160 Å². The molecule has 0 spiro atoms. The molecule has 4 rings (SSSR count). The molecule has 3 aromatic carbocycles. The third kappa shape index (κ3) is 3.23. The van der Waals surface area contributed by atoms with Gasteiger partial charge in [0.05, 0.1) is 23.9 Å². The maximum absolute atomic E-state index is 12.8. The maximum Gasteiger partial charge on any atom is 0.279 e. The number of carbonyl (C=O) groups excluding carboxylic acids is 1. The summed E-state index contributed by atoms with van der Waals surface area (Å²) in [5.41, 5.74) is 1.49.